The highest BCUT2D eigenvalue weighted by Gasteiger charge is 2.11. The maximum absolute atomic E-state index is 10.8. The molecule has 0 unspecified atom stereocenters. The number of rotatable bonds is 1. The summed E-state index contributed by atoms with van der Waals surface area (Å²) in [6.07, 6.45) is 0. The lowest BCUT2D eigenvalue weighted by Crippen LogP contribution is -2.10. The number of aryl methyl sites for hydroxylation is 1. The van der Waals surface area contributed by atoms with Crippen LogP contribution in [0.5, 0.6) is 0 Å². The highest BCUT2D eigenvalue weighted by atomic mass is 16.5. The van der Waals surface area contributed by atoms with Gasteiger partial charge < -0.3 is 9.15 Å². The molecular formula is C7H7NO4. The first-order valence-corrected chi connectivity index (χ1v) is 3.20. The van der Waals surface area contributed by atoms with Crippen LogP contribution < -0.4 is 5.63 Å². The van der Waals surface area contributed by atoms with Gasteiger partial charge >= 0.3 is 17.5 Å². The van der Waals surface area contributed by atoms with Gasteiger partial charge in [-0.05, 0) is 6.92 Å². The smallest absolute Gasteiger partial charge is 0.394 e. The molecule has 0 amide bonds. The van der Waals surface area contributed by atoms with Crippen LogP contribution in [0.15, 0.2) is 15.3 Å². The van der Waals surface area contributed by atoms with Crippen LogP contribution in [0.2, 0.25) is 0 Å². The second kappa shape index (κ2) is 3.17. The Morgan fingerprint density at radius 3 is 2.83 bits per heavy atom. The first kappa shape index (κ1) is 8.45. The number of aromatic nitrogens is 1. The summed E-state index contributed by atoms with van der Waals surface area (Å²) in [5, 5.41) is 0. The first-order chi connectivity index (χ1) is 5.63. The van der Waals surface area contributed by atoms with Gasteiger partial charge in [0.15, 0.2) is 0 Å². The third-order valence-electron chi connectivity index (χ3n) is 1.16. The summed E-state index contributed by atoms with van der Waals surface area (Å²) in [4.78, 5) is 25.2. The van der Waals surface area contributed by atoms with Gasteiger partial charge in [-0.15, -0.1) is 0 Å². The Hall–Kier alpha value is -1.65. The average Bonchev–Trinajstić information content (AvgIpc) is 2.01. The summed E-state index contributed by atoms with van der Waals surface area (Å²) in [5.41, 5.74) is -0.186. The summed E-state index contributed by atoms with van der Waals surface area (Å²) < 4.78 is 8.78. The number of methoxy groups -OCH3 is 1. The zero-order chi connectivity index (χ0) is 9.14. The minimum absolute atomic E-state index is 0.317. The van der Waals surface area contributed by atoms with E-state index < -0.39 is 11.6 Å². The van der Waals surface area contributed by atoms with Gasteiger partial charge in [0, 0.05) is 11.8 Å². The summed E-state index contributed by atoms with van der Waals surface area (Å²) in [5.74, 6) is -1.07. The van der Waals surface area contributed by atoms with Crippen molar-refractivity contribution in [3.05, 3.63) is 28.1 Å². The Bertz CT molecular complexity index is 355. The van der Waals surface area contributed by atoms with Crippen LogP contribution in [-0.2, 0) is 4.74 Å². The number of carbonyl (C=O) groups is 1. The van der Waals surface area contributed by atoms with E-state index in [-0.39, 0.29) is 5.89 Å². The van der Waals surface area contributed by atoms with E-state index in [1.54, 1.807) is 6.92 Å². The number of carbonyl (C=O) groups excluding carboxylic acids is 1. The maximum Gasteiger partial charge on any atom is 0.394 e. The van der Waals surface area contributed by atoms with Crippen LogP contribution >= 0.6 is 0 Å². The van der Waals surface area contributed by atoms with Gasteiger partial charge in [0.05, 0.1) is 7.11 Å². The molecular weight excluding hydrogens is 162 g/mol. The molecule has 5 nitrogen and oxygen atoms in total. The van der Waals surface area contributed by atoms with E-state index in [9.17, 15) is 9.59 Å². The fraction of sp³-hybridized carbons (Fsp3) is 0.286. The van der Waals surface area contributed by atoms with E-state index in [2.05, 4.69) is 14.1 Å². The van der Waals surface area contributed by atoms with Gasteiger partial charge in [0.1, 0.15) is 0 Å². The zero-order valence-electron chi connectivity index (χ0n) is 6.66. The molecule has 12 heavy (non-hydrogen) atoms. The third kappa shape index (κ3) is 1.69. The van der Waals surface area contributed by atoms with Crippen molar-refractivity contribution in [3.63, 3.8) is 0 Å². The highest BCUT2D eigenvalue weighted by molar-refractivity contribution is 5.83. The Labute approximate surface area is 68.0 Å². The van der Waals surface area contributed by atoms with Crippen molar-refractivity contribution >= 4 is 5.97 Å². The van der Waals surface area contributed by atoms with E-state index >= 15 is 0 Å². The van der Waals surface area contributed by atoms with Gasteiger partial charge in [-0.1, -0.05) is 0 Å². The Balaban J connectivity index is 3.17. The van der Waals surface area contributed by atoms with Crippen molar-refractivity contribution in [2.24, 2.45) is 0 Å². The molecule has 0 aliphatic rings. The van der Waals surface area contributed by atoms with Crippen molar-refractivity contribution in [2.45, 2.75) is 6.92 Å². The molecule has 0 aliphatic carbocycles. The third-order valence-corrected chi connectivity index (χ3v) is 1.16. The largest absolute Gasteiger partial charge is 0.462 e. The van der Waals surface area contributed by atoms with Gasteiger partial charge in [0.25, 0.3) is 0 Å². The lowest BCUT2D eigenvalue weighted by atomic mass is 10.4. The Morgan fingerprint density at radius 2 is 2.33 bits per heavy atom. The normalized spacial score (nSPS) is 9.50. The number of hydrogen-bond donors (Lipinski definition) is 0. The maximum atomic E-state index is 10.8. The summed E-state index contributed by atoms with van der Waals surface area (Å²) in [7, 11) is 1.19. The topological polar surface area (TPSA) is 69.4 Å². The molecule has 0 fully saturated rings. The van der Waals surface area contributed by atoms with Gasteiger partial charge in [-0.3, -0.25) is 0 Å². The van der Waals surface area contributed by atoms with E-state index in [4.69, 9.17) is 0 Å². The summed E-state index contributed by atoms with van der Waals surface area (Å²) in [6.45, 7) is 1.59. The number of esters is 1. The van der Waals surface area contributed by atoms with Crippen LogP contribution in [-0.4, -0.2) is 18.1 Å². The predicted molar refractivity (Wildman–Crippen MR) is 38.8 cm³/mol. The molecule has 1 aromatic rings. The summed E-state index contributed by atoms with van der Waals surface area (Å²) in [6, 6.07) is 1.19. The molecule has 0 saturated carbocycles. The molecule has 0 aliphatic heterocycles. The molecule has 0 N–H and O–H groups in total. The second-order valence-electron chi connectivity index (χ2n) is 2.12. The van der Waals surface area contributed by atoms with Crippen LogP contribution in [0.3, 0.4) is 0 Å². The predicted octanol–water partition coefficient (Wildman–Crippen LogP) is 0.130. The van der Waals surface area contributed by atoms with Crippen molar-refractivity contribution in [1.29, 1.82) is 0 Å². The molecule has 0 bridgehead atoms. The number of hydrogen-bond acceptors (Lipinski definition) is 5. The molecule has 1 aromatic heterocycles. The van der Waals surface area contributed by atoms with E-state index in [1.165, 1.54) is 13.2 Å². The van der Waals surface area contributed by atoms with Crippen LogP contribution in [0, 0.1) is 6.92 Å². The minimum Gasteiger partial charge on any atom is -0.462 e. The molecule has 0 atom stereocenters. The molecule has 64 valence electrons. The van der Waals surface area contributed by atoms with E-state index in [0.717, 1.165) is 0 Å². The summed E-state index contributed by atoms with van der Waals surface area (Å²) >= 11 is 0. The SMILES string of the molecule is COC(=O)c1nc(C)cc(=O)o1. The monoisotopic (exact) mass is 169 g/mol. The Morgan fingerprint density at radius 1 is 1.67 bits per heavy atom. The van der Waals surface area contributed by atoms with Crippen molar-refractivity contribution in [1.82, 2.24) is 4.98 Å². The molecule has 0 aromatic carbocycles. The number of ether oxygens (including phenoxy) is 1. The lowest BCUT2D eigenvalue weighted by Gasteiger charge is -1.95. The number of nitrogens with zero attached hydrogens (tertiary/aromatic N) is 1. The average molecular weight is 169 g/mol. The van der Waals surface area contributed by atoms with Gasteiger partial charge in [-0.2, -0.15) is 0 Å². The molecule has 5 heteroatoms. The minimum atomic E-state index is -0.754. The molecule has 0 radical (unpaired) electrons. The zero-order valence-corrected chi connectivity index (χ0v) is 6.66. The highest BCUT2D eigenvalue weighted by Crippen LogP contribution is 1.94. The van der Waals surface area contributed by atoms with Crippen LogP contribution in [0.4, 0.5) is 0 Å². The van der Waals surface area contributed by atoms with Gasteiger partial charge in [-0.25, -0.2) is 14.6 Å². The fourth-order valence-electron chi connectivity index (χ4n) is 0.685. The van der Waals surface area contributed by atoms with Crippen LogP contribution in [0.1, 0.15) is 16.4 Å². The quantitative estimate of drug-likeness (QED) is 0.559. The fourth-order valence-corrected chi connectivity index (χ4v) is 0.685. The molecule has 1 heterocycles. The second-order valence-corrected chi connectivity index (χ2v) is 2.12. The van der Waals surface area contributed by atoms with Crippen molar-refractivity contribution in [3.8, 4) is 0 Å². The van der Waals surface area contributed by atoms with E-state index in [0.29, 0.717) is 5.69 Å². The van der Waals surface area contributed by atoms with Crippen molar-refractivity contribution < 1.29 is 13.9 Å². The lowest BCUT2D eigenvalue weighted by molar-refractivity contribution is 0.0547. The van der Waals surface area contributed by atoms with Crippen LogP contribution in [0.25, 0.3) is 0 Å². The van der Waals surface area contributed by atoms with E-state index in [1.807, 2.05) is 0 Å². The molecule has 0 saturated heterocycles. The standard InChI is InChI=1S/C7H7NO4/c1-4-3-5(9)12-6(8-4)7(10)11-2/h3H,1-2H3. The molecule has 0 spiro atoms. The van der Waals surface area contributed by atoms with Gasteiger partial charge in [0.2, 0.25) is 0 Å². The Kier molecular flexibility index (Phi) is 2.23. The molecule has 1 rings (SSSR count). The van der Waals surface area contributed by atoms with Crippen molar-refractivity contribution in [2.75, 3.05) is 7.11 Å². The first-order valence-electron chi connectivity index (χ1n) is 3.20.